The fourth-order valence-corrected chi connectivity index (χ4v) is 2.07. The number of methoxy groups -OCH3 is 1. The molecule has 82 valence electrons. The normalized spacial score (nSPS) is 26.2. The van der Waals surface area contributed by atoms with Gasteiger partial charge in [-0.25, -0.2) is 4.98 Å². The van der Waals surface area contributed by atoms with E-state index in [0.29, 0.717) is 0 Å². The number of carbonyl (C=O) groups is 1. The Labute approximate surface area is 88.2 Å². The summed E-state index contributed by atoms with van der Waals surface area (Å²) in [7, 11) is 1.42. The summed E-state index contributed by atoms with van der Waals surface area (Å²) >= 11 is 0. The summed E-state index contributed by atoms with van der Waals surface area (Å²) in [6.45, 7) is 0.865. The number of carbonyl (C=O) groups excluding carboxylic acids is 1. The predicted octanol–water partition coefficient (Wildman–Crippen LogP) is 0.418. The Balaban J connectivity index is 2.16. The molecule has 0 aromatic carbocycles. The smallest absolute Gasteiger partial charge is 0.323 e. The molecule has 0 saturated carbocycles. The van der Waals surface area contributed by atoms with E-state index in [-0.39, 0.29) is 17.9 Å². The van der Waals surface area contributed by atoms with Gasteiger partial charge in [0.25, 0.3) is 0 Å². The van der Waals surface area contributed by atoms with E-state index in [1.165, 1.54) is 7.11 Å². The highest BCUT2D eigenvalue weighted by Crippen LogP contribution is 2.26. The third-order valence-corrected chi connectivity index (χ3v) is 2.83. The van der Waals surface area contributed by atoms with E-state index in [1.54, 1.807) is 12.5 Å². The monoisotopic (exact) mass is 209 g/mol. The second-order valence-electron chi connectivity index (χ2n) is 3.71. The first-order valence-corrected chi connectivity index (χ1v) is 5.12. The minimum Gasteiger partial charge on any atom is -0.468 e. The number of esters is 1. The van der Waals surface area contributed by atoms with Crippen LogP contribution in [0.5, 0.6) is 0 Å². The zero-order valence-corrected chi connectivity index (χ0v) is 8.69. The number of nitrogens with one attached hydrogen (secondary N) is 2. The summed E-state index contributed by atoms with van der Waals surface area (Å²) in [5, 5.41) is 3.19. The summed E-state index contributed by atoms with van der Waals surface area (Å²) in [5.74, 6) is -0.0528. The van der Waals surface area contributed by atoms with Gasteiger partial charge in [0, 0.05) is 17.8 Å². The van der Waals surface area contributed by atoms with Gasteiger partial charge < -0.3 is 15.0 Å². The van der Waals surface area contributed by atoms with Crippen molar-refractivity contribution in [1.82, 2.24) is 15.3 Å². The Morgan fingerprint density at radius 1 is 1.67 bits per heavy atom. The van der Waals surface area contributed by atoms with E-state index in [2.05, 4.69) is 15.3 Å². The van der Waals surface area contributed by atoms with Crippen LogP contribution in [0.25, 0.3) is 0 Å². The molecule has 1 aromatic heterocycles. The highest BCUT2D eigenvalue weighted by Gasteiger charge is 2.33. The SMILES string of the molecule is COC(=O)[C@H]1NCCC[C@@H]1c1cnc[nH]1. The molecule has 0 aliphatic carbocycles. The van der Waals surface area contributed by atoms with Crippen molar-refractivity contribution in [1.29, 1.82) is 0 Å². The van der Waals surface area contributed by atoms with Gasteiger partial charge in [-0.2, -0.15) is 0 Å². The number of aromatic amines is 1. The maximum absolute atomic E-state index is 11.6. The highest BCUT2D eigenvalue weighted by atomic mass is 16.5. The van der Waals surface area contributed by atoms with Gasteiger partial charge >= 0.3 is 5.97 Å². The van der Waals surface area contributed by atoms with Crippen LogP contribution in [0.2, 0.25) is 0 Å². The molecule has 5 heteroatoms. The van der Waals surface area contributed by atoms with E-state index in [1.807, 2.05) is 0 Å². The van der Waals surface area contributed by atoms with Crippen molar-refractivity contribution in [2.24, 2.45) is 0 Å². The van der Waals surface area contributed by atoms with Gasteiger partial charge in [-0.05, 0) is 19.4 Å². The zero-order chi connectivity index (χ0) is 10.7. The summed E-state index contributed by atoms with van der Waals surface area (Å²) in [6.07, 6.45) is 5.46. The molecule has 0 spiro atoms. The summed E-state index contributed by atoms with van der Waals surface area (Å²) in [5.41, 5.74) is 0.998. The average Bonchev–Trinajstić information content (AvgIpc) is 2.81. The molecule has 2 atom stereocenters. The summed E-state index contributed by atoms with van der Waals surface area (Å²) in [6, 6.07) is -0.246. The summed E-state index contributed by atoms with van der Waals surface area (Å²) < 4.78 is 4.78. The molecule has 2 N–H and O–H groups in total. The number of imidazole rings is 1. The highest BCUT2D eigenvalue weighted by molar-refractivity contribution is 5.77. The molecular formula is C10H15N3O2. The Kier molecular flexibility index (Phi) is 3.01. The van der Waals surface area contributed by atoms with Crippen molar-refractivity contribution in [3.8, 4) is 0 Å². The van der Waals surface area contributed by atoms with Crippen LogP contribution in [0.15, 0.2) is 12.5 Å². The lowest BCUT2D eigenvalue weighted by Crippen LogP contribution is -2.46. The van der Waals surface area contributed by atoms with E-state index in [0.717, 1.165) is 25.1 Å². The van der Waals surface area contributed by atoms with Gasteiger partial charge in [0.05, 0.1) is 13.4 Å². The fraction of sp³-hybridized carbons (Fsp3) is 0.600. The van der Waals surface area contributed by atoms with E-state index >= 15 is 0 Å². The van der Waals surface area contributed by atoms with Crippen LogP contribution >= 0.6 is 0 Å². The molecule has 1 aromatic rings. The molecule has 15 heavy (non-hydrogen) atoms. The molecule has 1 saturated heterocycles. The number of hydrogen-bond acceptors (Lipinski definition) is 4. The third-order valence-electron chi connectivity index (χ3n) is 2.83. The van der Waals surface area contributed by atoms with Gasteiger partial charge in [-0.3, -0.25) is 4.79 Å². The second kappa shape index (κ2) is 4.44. The number of rotatable bonds is 2. The maximum atomic E-state index is 11.6. The Morgan fingerprint density at radius 2 is 2.53 bits per heavy atom. The Morgan fingerprint density at radius 3 is 3.20 bits per heavy atom. The largest absolute Gasteiger partial charge is 0.468 e. The third kappa shape index (κ3) is 2.02. The lowest BCUT2D eigenvalue weighted by atomic mass is 9.88. The van der Waals surface area contributed by atoms with Gasteiger partial charge in [0.15, 0.2) is 0 Å². The topological polar surface area (TPSA) is 67.0 Å². The van der Waals surface area contributed by atoms with Crippen LogP contribution in [-0.2, 0) is 9.53 Å². The molecule has 0 radical (unpaired) electrons. The van der Waals surface area contributed by atoms with E-state index < -0.39 is 0 Å². The van der Waals surface area contributed by atoms with Crippen LogP contribution in [0.4, 0.5) is 0 Å². The quantitative estimate of drug-likeness (QED) is 0.693. The van der Waals surface area contributed by atoms with Gasteiger partial charge in [-0.15, -0.1) is 0 Å². The summed E-state index contributed by atoms with van der Waals surface area (Å²) in [4.78, 5) is 18.6. The van der Waals surface area contributed by atoms with Gasteiger partial charge in [-0.1, -0.05) is 0 Å². The second-order valence-corrected chi connectivity index (χ2v) is 3.71. The van der Waals surface area contributed by atoms with Crippen molar-refractivity contribution in [3.63, 3.8) is 0 Å². The van der Waals surface area contributed by atoms with Crippen LogP contribution in [0.3, 0.4) is 0 Å². The molecule has 5 nitrogen and oxygen atoms in total. The lowest BCUT2D eigenvalue weighted by Gasteiger charge is -2.29. The van der Waals surface area contributed by atoms with Crippen molar-refractivity contribution in [2.45, 2.75) is 24.8 Å². The van der Waals surface area contributed by atoms with Crippen molar-refractivity contribution in [2.75, 3.05) is 13.7 Å². The molecule has 2 heterocycles. The molecule has 1 aliphatic rings. The maximum Gasteiger partial charge on any atom is 0.323 e. The molecule has 1 fully saturated rings. The van der Waals surface area contributed by atoms with Crippen molar-refractivity contribution in [3.05, 3.63) is 18.2 Å². The number of H-pyrrole nitrogens is 1. The van der Waals surface area contributed by atoms with Crippen LogP contribution in [0, 0.1) is 0 Å². The molecule has 2 rings (SSSR count). The number of nitrogens with zero attached hydrogens (tertiary/aromatic N) is 1. The molecule has 1 aliphatic heterocycles. The first-order chi connectivity index (χ1) is 7.33. The van der Waals surface area contributed by atoms with Gasteiger partial charge in [0.2, 0.25) is 0 Å². The first kappa shape index (κ1) is 10.2. The number of hydrogen-bond donors (Lipinski definition) is 2. The number of piperidine rings is 1. The number of ether oxygens (including phenoxy) is 1. The molecule has 0 amide bonds. The molecular weight excluding hydrogens is 194 g/mol. The average molecular weight is 209 g/mol. The first-order valence-electron chi connectivity index (χ1n) is 5.12. The minimum absolute atomic E-state index is 0.147. The minimum atomic E-state index is -0.246. The zero-order valence-electron chi connectivity index (χ0n) is 8.69. The predicted molar refractivity (Wildman–Crippen MR) is 54.4 cm³/mol. The van der Waals surface area contributed by atoms with Gasteiger partial charge in [0.1, 0.15) is 6.04 Å². The van der Waals surface area contributed by atoms with E-state index in [4.69, 9.17) is 4.74 Å². The Hall–Kier alpha value is -1.36. The molecule has 0 unspecified atom stereocenters. The Bertz CT molecular complexity index is 323. The van der Waals surface area contributed by atoms with Crippen molar-refractivity contribution >= 4 is 5.97 Å². The van der Waals surface area contributed by atoms with Crippen LogP contribution < -0.4 is 5.32 Å². The standard InChI is InChI=1S/C10H15N3O2/c1-15-10(14)9-7(3-2-4-12-9)8-5-11-6-13-8/h5-7,9,12H,2-4H2,1H3,(H,11,13)/t7-,9+/m1/s1. The fourth-order valence-electron chi connectivity index (χ4n) is 2.07. The van der Waals surface area contributed by atoms with E-state index in [9.17, 15) is 4.79 Å². The lowest BCUT2D eigenvalue weighted by molar-refractivity contribution is -0.144. The van der Waals surface area contributed by atoms with Crippen molar-refractivity contribution < 1.29 is 9.53 Å². The molecule has 0 bridgehead atoms. The number of aromatic nitrogens is 2. The van der Waals surface area contributed by atoms with Crippen LogP contribution in [0.1, 0.15) is 24.5 Å². The van der Waals surface area contributed by atoms with Crippen LogP contribution in [-0.4, -0.2) is 35.6 Å².